The molecule has 4 aromatic rings. The second-order valence-electron chi connectivity index (χ2n) is 14.1. The molecule has 3 atom stereocenters. The van der Waals surface area contributed by atoms with Gasteiger partial charge in [0.2, 0.25) is 29.5 Å². The number of nitrogens with one attached hydrogen (secondary N) is 4. The lowest BCUT2D eigenvalue weighted by atomic mass is 9.85. The standard InChI is InChI=1S/C40H43ClF3N7O5/c1-54-37-22(18-45-20-24-10-13-33(52)48-24)9-12-31(50-37)29-15-16-47-36(35(29)41)28-7-3-6-27-26(28)5-4-8-32(27)56-39-30(40(42,43)44)17-23(38(51-39)55-2)19-46-21-25-11-14-34(53)49-25/h3,6-7,9,12,15-17,24-25,32,45-46H,4-5,8,10-11,13-14,18-21H2,1-2H3,(H,48,52)(H,49,53)/t24-,25+,32+/m1/s1. The van der Waals surface area contributed by atoms with Gasteiger partial charge in [-0.2, -0.15) is 18.2 Å². The van der Waals surface area contributed by atoms with Crippen LogP contribution in [-0.2, 0) is 35.3 Å². The number of methoxy groups -OCH3 is 2. The summed E-state index contributed by atoms with van der Waals surface area (Å²) >= 11 is 7.09. The van der Waals surface area contributed by atoms with Gasteiger partial charge in [0.15, 0.2) is 0 Å². The highest BCUT2D eigenvalue weighted by molar-refractivity contribution is 6.35. The maximum Gasteiger partial charge on any atom is 0.421 e. The van der Waals surface area contributed by atoms with E-state index in [1.807, 2.05) is 30.3 Å². The number of carbonyl (C=O) groups is 2. The van der Waals surface area contributed by atoms with E-state index in [1.165, 1.54) is 7.11 Å². The molecule has 2 aliphatic heterocycles. The molecule has 2 amide bonds. The van der Waals surface area contributed by atoms with Gasteiger partial charge in [-0.1, -0.05) is 35.9 Å². The smallest absolute Gasteiger partial charge is 0.421 e. The number of amides is 2. The number of pyridine rings is 3. The van der Waals surface area contributed by atoms with Gasteiger partial charge in [-0.15, -0.1) is 0 Å². The highest BCUT2D eigenvalue weighted by Gasteiger charge is 2.38. The number of aromatic nitrogens is 3. The van der Waals surface area contributed by atoms with Crippen LogP contribution < -0.4 is 35.5 Å². The molecule has 56 heavy (non-hydrogen) atoms. The first-order valence-corrected chi connectivity index (χ1v) is 19.0. The number of ether oxygens (including phenoxy) is 3. The molecule has 296 valence electrons. The molecule has 0 bridgehead atoms. The third kappa shape index (κ3) is 8.69. The zero-order valence-corrected chi connectivity index (χ0v) is 31.8. The van der Waals surface area contributed by atoms with E-state index in [2.05, 4.69) is 31.2 Å². The Morgan fingerprint density at radius 2 is 1.50 bits per heavy atom. The van der Waals surface area contributed by atoms with Crippen molar-refractivity contribution in [2.24, 2.45) is 0 Å². The minimum Gasteiger partial charge on any atom is -0.481 e. The summed E-state index contributed by atoms with van der Waals surface area (Å²) in [5.41, 5.74) is 4.14. The Bertz CT molecular complexity index is 2100. The Balaban J connectivity index is 1.12. The van der Waals surface area contributed by atoms with Crippen LogP contribution >= 0.6 is 11.6 Å². The summed E-state index contributed by atoms with van der Waals surface area (Å²) < 4.78 is 60.9. The molecular formula is C40H43ClF3N7O5. The number of benzene rings is 1. The number of nitrogens with zero attached hydrogens (tertiary/aromatic N) is 3. The van der Waals surface area contributed by atoms with Gasteiger partial charge in [-0.3, -0.25) is 14.6 Å². The molecule has 16 heteroatoms. The molecule has 0 spiro atoms. The van der Waals surface area contributed by atoms with Crippen molar-refractivity contribution >= 4 is 23.4 Å². The lowest BCUT2D eigenvalue weighted by Crippen LogP contribution is -2.35. The quantitative estimate of drug-likeness (QED) is 0.118. The fourth-order valence-corrected chi connectivity index (χ4v) is 7.90. The van der Waals surface area contributed by atoms with Crippen molar-refractivity contribution < 1.29 is 37.0 Å². The first kappa shape index (κ1) is 39.3. The van der Waals surface area contributed by atoms with E-state index in [4.69, 9.17) is 30.8 Å². The van der Waals surface area contributed by atoms with Crippen molar-refractivity contribution in [1.82, 2.24) is 36.2 Å². The monoisotopic (exact) mass is 793 g/mol. The van der Waals surface area contributed by atoms with E-state index in [9.17, 15) is 22.8 Å². The van der Waals surface area contributed by atoms with E-state index in [-0.39, 0.29) is 41.9 Å². The summed E-state index contributed by atoms with van der Waals surface area (Å²) in [6, 6.07) is 12.2. The molecule has 4 N–H and O–H groups in total. The zero-order chi connectivity index (χ0) is 39.4. The lowest BCUT2D eigenvalue weighted by Gasteiger charge is -2.29. The second kappa shape index (κ2) is 17.0. The molecule has 5 heterocycles. The summed E-state index contributed by atoms with van der Waals surface area (Å²) in [6.07, 6.45) is 0.337. The number of carbonyl (C=O) groups excluding carboxylic acids is 2. The van der Waals surface area contributed by atoms with Crippen LogP contribution in [0.3, 0.4) is 0 Å². The summed E-state index contributed by atoms with van der Waals surface area (Å²) in [4.78, 5) is 36.7. The number of rotatable bonds is 14. The second-order valence-corrected chi connectivity index (χ2v) is 14.5. The molecule has 1 aromatic carbocycles. The minimum absolute atomic E-state index is 0.0159. The van der Waals surface area contributed by atoms with Crippen LogP contribution in [0.1, 0.15) is 72.4 Å². The van der Waals surface area contributed by atoms with Crippen molar-refractivity contribution in [2.75, 3.05) is 27.3 Å². The molecule has 1 aliphatic carbocycles. The van der Waals surface area contributed by atoms with Gasteiger partial charge in [-0.05, 0) is 61.4 Å². The zero-order valence-electron chi connectivity index (χ0n) is 31.0. The SMILES string of the molecule is COc1nc(-c2ccnc(-c3cccc4c3CCC[C@@H]4Oc3nc(OC)c(CNC[C@@H]4CCC(=O)N4)cc3C(F)(F)F)c2Cl)ccc1CNC[C@H]1CCC(=O)N1. The van der Waals surface area contributed by atoms with Crippen LogP contribution in [0.2, 0.25) is 5.02 Å². The summed E-state index contributed by atoms with van der Waals surface area (Å²) in [5.74, 6) is -0.0899. The largest absolute Gasteiger partial charge is 0.481 e. The summed E-state index contributed by atoms with van der Waals surface area (Å²) in [5, 5.41) is 12.6. The van der Waals surface area contributed by atoms with Gasteiger partial charge in [0, 0.05) is 79.6 Å². The summed E-state index contributed by atoms with van der Waals surface area (Å²) in [6.45, 7) is 1.58. The lowest BCUT2D eigenvalue weighted by molar-refractivity contribution is -0.140. The van der Waals surface area contributed by atoms with Crippen LogP contribution in [0, 0.1) is 0 Å². The molecule has 3 aliphatic rings. The predicted octanol–water partition coefficient (Wildman–Crippen LogP) is 6.09. The number of halogens is 4. The van der Waals surface area contributed by atoms with Crippen LogP contribution in [0.5, 0.6) is 17.6 Å². The number of alkyl halides is 3. The van der Waals surface area contributed by atoms with Crippen molar-refractivity contribution in [1.29, 1.82) is 0 Å². The van der Waals surface area contributed by atoms with Gasteiger partial charge in [-0.25, -0.2) is 4.98 Å². The normalized spacial score (nSPS) is 19.4. The Morgan fingerprint density at radius 1 is 0.821 bits per heavy atom. The van der Waals surface area contributed by atoms with Gasteiger partial charge >= 0.3 is 6.18 Å². The van der Waals surface area contributed by atoms with Gasteiger partial charge in [0.05, 0.1) is 30.6 Å². The van der Waals surface area contributed by atoms with E-state index in [0.717, 1.165) is 34.7 Å². The van der Waals surface area contributed by atoms with Crippen LogP contribution in [0.15, 0.2) is 48.7 Å². The topological polar surface area (TPSA) is 149 Å². The fourth-order valence-electron chi connectivity index (χ4n) is 7.59. The predicted molar refractivity (Wildman–Crippen MR) is 202 cm³/mol. The first-order chi connectivity index (χ1) is 27.0. The van der Waals surface area contributed by atoms with E-state index in [0.29, 0.717) is 86.0 Å². The fraction of sp³-hybridized carbons (Fsp3) is 0.425. The van der Waals surface area contributed by atoms with Gasteiger partial charge < -0.3 is 35.5 Å². The maximum atomic E-state index is 14.5. The van der Waals surface area contributed by atoms with Crippen LogP contribution in [0.25, 0.3) is 22.5 Å². The Kier molecular flexibility index (Phi) is 11.9. The molecule has 7 rings (SSSR count). The van der Waals surface area contributed by atoms with Gasteiger partial charge in [0.1, 0.15) is 11.7 Å². The van der Waals surface area contributed by atoms with E-state index >= 15 is 0 Å². The van der Waals surface area contributed by atoms with Crippen molar-refractivity contribution in [2.45, 2.75) is 82.4 Å². The van der Waals surface area contributed by atoms with Crippen LogP contribution in [0.4, 0.5) is 13.2 Å². The first-order valence-electron chi connectivity index (χ1n) is 18.6. The average molecular weight is 794 g/mol. The Labute approximate surface area is 327 Å². The third-order valence-corrected chi connectivity index (χ3v) is 10.7. The van der Waals surface area contributed by atoms with E-state index < -0.39 is 23.7 Å². The van der Waals surface area contributed by atoms with E-state index in [1.54, 1.807) is 19.4 Å². The molecule has 0 saturated carbocycles. The van der Waals surface area contributed by atoms with Crippen molar-refractivity contribution in [3.8, 4) is 40.2 Å². The Morgan fingerprint density at radius 3 is 2.14 bits per heavy atom. The van der Waals surface area contributed by atoms with Crippen molar-refractivity contribution in [3.05, 3.63) is 81.5 Å². The highest BCUT2D eigenvalue weighted by atomic mass is 35.5. The number of hydrogen-bond acceptors (Lipinski definition) is 10. The average Bonchev–Trinajstić information content (AvgIpc) is 3.81. The molecule has 2 saturated heterocycles. The third-order valence-electron chi connectivity index (χ3n) is 10.4. The number of hydrogen-bond donors (Lipinski definition) is 4. The van der Waals surface area contributed by atoms with Crippen LogP contribution in [-0.4, -0.2) is 66.2 Å². The number of fused-ring (bicyclic) bond motifs is 1. The molecule has 0 unspecified atom stereocenters. The molecule has 2 fully saturated rings. The molecule has 0 radical (unpaired) electrons. The van der Waals surface area contributed by atoms with Gasteiger partial charge in [0.25, 0.3) is 0 Å². The highest BCUT2D eigenvalue weighted by Crippen LogP contribution is 2.44. The van der Waals surface area contributed by atoms with Crippen molar-refractivity contribution in [3.63, 3.8) is 0 Å². The molecule has 3 aromatic heterocycles. The maximum absolute atomic E-state index is 14.5. The Hall–Kier alpha value is -4.99. The molecular weight excluding hydrogens is 751 g/mol. The summed E-state index contributed by atoms with van der Waals surface area (Å²) in [7, 11) is 2.90. The molecule has 12 nitrogen and oxygen atoms in total. The minimum atomic E-state index is -4.75.